The average Bonchev–Trinajstić information content (AvgIpc) is 2.74. The van der Waals surface area contributed by atoms with Crippen LogP contribution in [0.5, 0.6) is 0 Å². The third-order valence-corrected chi connectivity index (χ3v) is 3.59. The highest BCUT2D eigenvalue weighted by Crippen LogP contribution is 2.32. The molecule has 0 saturated heterocycles. The summed E-state index contributed by atoms with van der Waals surface area (Å²) in [5, 5.41) is 4.60. The summed E-state index contributed by atoms with van der Waals surface area (Å²) < 4.78 is 0.842. The van der Waals surface area contributed by atoms with Gasteiger partial charge in [-0.25, -0.2) is 15.0 Å². The molecule has 15 heavy (non-hydrogen) atoms. The molecule has 0 bridgehead atoms. The van der Waals surface area contributed by atoms with Crippen LogP contribution >= 0.6 is 27.7 Å². The number of H-pyrrole nitrogens is 1. The van der Waals surface area contributed by atoms with E-state index in [1.54, 1.807) is 12.4 Å². The van der Waals surface area contributed by atoms with Crippen molar-refractivity contribution in [1.29, 1.82) is 0 Å². The van der Waals surface area contributed by atoms with Gasteiger partial charge in [0.15, 0.2) is 5.16 Å². The lowest BCUT2D eigenvalue weighted by atomic mass is 10.6. The monoisotopic (exact) mass is 285 g/mol. The zero-order valence-corrected chi connectivity index (χ0v) is 10.3. The minimum atomic E-state index is 0.763. The molecule has 0 aliphatic rings. The van der Waals surface area contributed by atoms with Gasteiger partial charge in [-0.05, 0) is 27.7 Å². The molecular formula is C8H8BrN5S. The molecule has 0 radical (unpaired) electrons. The lowest BCUT2D eigenvalue weighted by molar-refractivity contribution is 1.00. The first kappa shape index (κ1) is 10.4. The van der Waals surface area contributed by atoms with Crippen LogP contribution in [0.3, 0.4) is 0 Å². The Balaban J connectivity index is 2.29. The molecule has 0 spiro atoms. The van der Waals surface area contributed by atoms with Crippen LogP contribution in [0.1, 0.15) is 0 Å². The zero-order valence-electron chi connectivity index (χ0n) is 7.86. The summed E-state index contributed by atoms with van der Waals surface area (Å²) in [5.41, 5.74) is 0. The first-order chi connectivity index (χ1) is 7.31. The van der Waals surface area contributed by atoms with Crippen LogP contribution in [-0.4, -0.2) is 27.0 Å². The number of hydrogen-bond donors (Lipinski definition) is 2. The third kappa shape index (κ3) is 2.29. The van der Waals surface area contributed by atoms with Crippen LogP contribution in [-0.2, 0) is 0 Å². The zero-order chi connectivity index (χ0) is 10.7. The highest BCUT2D eigenvalue weighted by atomic mass is 79.9. The van der Waals surface area contributed by atoms with Crippen LogP contribution in [0.2, 0.25) is 0 Å². The van der Waals surface area contributed by atoms with Gasteiger partial charge >= 0.3 is 0 Å². The topological polar surface area (TPSA) is 66.5 Å². The van der Waals surface area contributed by atoms with Crippen molar-refractivity contribution in [1.82, 2.24) is 19.9 Å². The van der Waals surface area contributed by atoms with Crippen molar-refractivity contribution >= 4 is 33.5 Å². The van der Waals surface area contributed by atoms with Gasteiger partial charge in [0.1, 0.15) is 17.2 Å². The average molecular weight is 286 g/mol. The number of aromatic nitrogens is 4. The summed E-state index contributed by atoms with van der Waals surface area (Å²) in [5.74, 6) is 0.763. The molecule has 0 aromatic carbocycles. The summed E-state index contributed by atoms with van der Waals surface area (Å²) in [6, 6.07) is 0. The normalized spacial score (nSPS) is 10.3. The minimum Gasteiger partial charge on any atom is -0.372 e. The summed E-state index contributed by atoms with van der Waals surface area (Å²) in [6.07, 6.45) is 4.99. The molecular weight excluding hydrogens is 278 g/mol. The van der Waals surface area contributed by atoms with Gasteiger partial charge in [0.25, 0.3) is 0 Å². The van der Waals surface area contributed by atoms with E-state index in [1.165, 1.54) is 18.1 Å². The highest BCUT2D eigenvalue weighted by Gasteiger charge is 2.09. The van der Waals surface area contributed by atoms with Crippen LogP contribution in [0.15, 0.2) is 33.4 Å². The van der Waals surface area contributed by atoms with E-state index in [-0.39, 0.29) is 0 Å². The highest BCUT2D eigenvalue weighted by molar-refractivity contribution is 9.10. The van der Waals surface area contributed by atoms with E-state index < -0.39 is 0 Å². The van der Waals surface area contributed by atoms with E-state index in [4.69, 9.17) is 0 Å². The van der Waals surface area contributed by atoms with E-state index in [1.807, 2.05) is 7.05 Å². The van der Waals surface area contributed by atoms with E-state index >= 15 is 0 Å². The van der Waals surface area contributed by atoms with E-state index in [9.17, 15) is 0 Å². The Hall–Kier alpha value is -1.08. The van der Waals surface area contributed by atoms with E-state index in [0.717, 1.165) is 20.5 Å². The summed E-state index contributed by atoms with van der Waals surface area (Å²) >= 11 is 4.88. The van der Waals surface area contributed by atoms with Crippen molar-refractivity contribution in [2.24, 2.45) is 0 Å². The molecule has 78 valence electrons. The fourth-order valence-corrected chi connectivity index (χ4v) is 2.35. The lowest BCUT2D eigenvalue weighted by Crippen LogP contribution is -1.96. The van der Waals surface area contributed by atoms with Crippen molar-refractivity contribution in [3.8, 4) is 0 Å². The van der Waals surface area contributed by atoms with Gasteiger partial charge in [-0.3, -0.25) is 0 Å². The number of rotatable bonds is 3. The molecule has 2 rings (SSSR count). The second-order valence-electron chi connectivity index (χ2n) is 2.59. The number of hydrogen-bond acceptors (Lipinski definition) is 5. The quantitative estimate of drug-likeness (QED) is 0.846. The predicted molar refractivity (Wildman–Crippen MR) is 62.0 cm³/mol. The second kappa shape index (κ2) is 4.63. The molecule has 5 nitrogen and oxygen atoms in total. The Morgan fingerprint density at radius 1 is 1.40 bits per heavy atom. The molecule has 0 fully saturated rings. The van der Waals surface area contributed by atoms with Crippen molar-refractivity contribution in [3.05, 3.63) is 23.2 Å². The minimum absolute atomic E-state index is 0.763. The van der Waals surface area contributed by atoms with Crippen LogP contribution in [0.25, 0.3) is 0 Å². The number of halogens is 1. The molecule has 7 heteroatoms. The van der Waals surface area contributed by atoms with Crippen LogP contribution in [0.4, 0.5) is 5.82 Å². The Labute approximate surface area is 99.3 Å². The molecule has 0 atom stereocenters. The van der Waals surface area contributed by atoms with Gasteiger partial charge in [-0.1, -0.05) is 0 Å². The third-order valence-electron chi connectivity index (χ3n) is 1.66. The van der Waals surface area contributed by atoms with Crippen molar-refractivity contribution in [2.45, 2.75) is 10.2 Å². The fraction of sp³-hybridized carbons (Fsp3) is 0.125. The molecule has 0 aliphatic heterocycles. The van der Waals surface area contributed by atoms with Crippen molar-refractivity contribution < 1.29 is 0 Å². The Morgan fingerprint density at radius 2 is 2.27 bits per heavy atom. The Bertz CT molecular complexity index is 444. The van der Waals surface area contributed by atoms with Gasteiger partial charge in [0.2, 0.25) is 0 Å². The Kier molecular flexibility index (Phi) is 3.22. The molecule has 0 aliphatic carbocycles. The molecule has 2 aromatic heterocycles. The van der Waals surface area contributed by atoms with Gasteiger partial charge < -0.3 is 10.3 Å². The lowest BCUT2D eigenvalue weighted by Gasteiger charge is -2.04. The maximum Gasteiger partial charge on any atom is 0.171 e. The number of nitrogens with zero attached hydrogens (tertiary/aromatic N) is 3. The number of nitrogens with one attached hydrogen (secondary N) is 2. The summed E-state index contributed by atoms with van der Waals surface area (Å²) in [7, 11) is 1.81. The number of anilines is 1. The van der Waals surface area contributed by atoms with Crippen molar-refractivity contribution in [2.75, 3.05) is 12.4 Å². The molecule has 2 aromatic rings. The smallest absolute Gasteiger partial charge is 0.171 e. The van der Waals surface area contributed by atoms with E-state index in [2.05, 4.69) is 41.2 Å². The summed E-state index contributed by atoms with van der Waals surface area (Å²) in [6.45, 7) is 0. The molecule has 2 N–H and O–H groups in total. The largest absolute Gasteiger partial charge is 0.372 e. The van der Waals surface area contributed by atoms with Gasteiger partial charge in [0, 0.05) is 19.4 Å². The van der Waals surface area contributed by atoms with Crippen molar-refractivity contribution in [3.63, 3.8) is 0 Å². The van der Waals surface area contributed by atoms with Crippen LogP contribution in [0, 0.1) is 0 Å². The fourth-order valence-electron chi connectivity index (χ4n) is 0.997. The maximum absolute atomic E-state index is 4.17. The summed E-state index contributed by atoms with van der Waals surface area (Å²) in [4.78, 5) is 15.4. The second-order valence-corrected chi connectivity index (χ2v) is 4.36. The van der Waals surface area contributed by atoms with Gasteiger partial charge in [-0.2, -0.15) is 0 Å². The predicted octanol–water partition coefficient (Wildman–Crippen LogP) is 2.16. The molecule has 2 heterocycles. The molecule has 0 unspecified atom stereocenters. The van der Waals surface area contributed by atoms with E-state index in [0.29, 0.717) is 0 Å². The molecule has 0 saturated carbocycles. The number of imidazole rings is 1. The van der Waals surface area contributed by atoms with Gasteiger partial charge in [-0.15, -0.1) is 0 Å². The Morgan fingerprint density at radius 3 is 2.93 bits per heavy atom. The van der Waals surface area contributed by atoms with Gasteiger partial charge in [0.05, 0.1) is 4.47 Å². The maximum atomic E-state index is 4.17. The SMILES string of the molecule is CNc1ncnc(Sc2ncc[nH]2)c1Br. The molecule has 0 amide bonds. The standard InChI is InChI=1S/C8H8BrN5S/c1-10-6-5(9)7(14-4-13-6)15-8-11-2-3-12-8/h2-4H,1H3,(H,11,12)(H,10,13,14). The first-order valence-corrected chi connectivity index (χ1v) is 5.77. The van der Waals surface area contributed by atoms with Crippen LogP contribution < -0.4 is 5.32 Å². The number of aromatic amines is 1. The first-order valence-electron chi connectivity index (χ1n) is 4.16.